The van der Waals surface area contributed by atoms with Gasteiger partial charge in [0.25, 0.3) is 5.91 Å². The molecule has 0 unspecified atom stereocenters. The third-order valence-corrected chi connectivity index (χ3v) is 6.22. The zero-order valence-corrected chi connectivity index (χ0v) is 14.9. The number of furan rings is 1. The van der Waals surface area contributed by atoms with Crippen molar-refractivity contribution in [1.82, 2.24) is 5.32 Å². The molecule has 4 heteroatoms. The number of hydrogen-bond donors (Lipinski definition) is 2. The van der Waals surface area contributed by atoms with Crippen LogP contribution in [0.5, 0.6) is 0 Å². The highest BCUT2D eigenvalue weighted by atomic mass is 16.3. The molecule has 2 aromatic rings. The number of benzene rings is 1. The second-order valence-electron chi connectivity index (χ2n) is 7.52. The van der Waals surface area contributed by atoms with E-state index in [2.05, 4.69) is 17.6 Å². The van der Waals surface area contributed by atoms with Crippen molar-refractivity contribution in [3.05, 3.63) is 42.2 Å². The molecule has 2 bridgehead atoms. The monoisotopic (exact) mass is 338 g/mol. The van der Waals surface area contributed by atoms with Crippen LogP contribution in [0.15, 0.2) is 40.8 Å². The fourth-order valence-corrected chi connectivity index (χ4v) is 4.64. The van der Waals surface area contributed by atoms with Crippen molar-refractivity contribution in [3.63, 3.8) is 0 Å². The zero-order chi connectivity index (χ0) is 17.4. The van der Waals surface area contributed by atoms with Crippen LogP contribution in [0.2, 0.25) is 0 Å². The minimum atomic E-state index is -0.0810. The molecular formula is C21H26N2O2. The van der Waals surface area contributed by atoms with E-state index in [1.54, 1.807) is 6.07 Å². The van der Waals surface area contributed by atoms with Gasteiger partial charge in [0.2, 0.25) is 0 Å². The summed E-state index contributed by atoms with van der Waals surface area (Å²) in [7, 11) is 1.89. The van der Waals surface area contributed by atoms with Crippen molar-refractivity contribution in [3.8, 4) is 11.3 Å². The quantitative estimate of drug-likeness (QED) is 0.860. The second-order valence-corrected chi connectivity index (χ2v) is 7.52. The number of rotatable bonds is 4. The van der Waals surface area contributed by atoms with Gasteiger partial charge in [-0.3, -0.25) is 4.79 Å². The van der Waals surface area contributed by atoms with Crippen LogP contribution in [0.3, 0.4) is 0 Å². The van der Waals surface area contributed by atoms with E-state index in [9.17, 15) is 4.79 Å². The minimum Gasteiger partial charge on any atom is -0.451 e. The van der Waals surface area contributed by atoms with E-state index in [1.165, 1.54) is 25.7 Å². The van der Waals surface area contributed by atoms with Crippen molar-refractivity contribution in [2.45, 2.75) is 38.6 Å². The molecule has 2 atom stereocenters. The van der Waals surface area contributed by atoms with Crippen LogP contribution >= 0.6 is 0 Å². The molecular weight excluding hydrogens is 312 g/mol. The second kappa shape index (κ2) is 6.58. The minimum absolute atomic E-state index is 0.0810. The van der Waals surface area contributed by atoms with E-state index < -0.39 is 0 Å². The molecule has 1 aromatic carbocycles. The molecule has 0 aliphatic heterocycles. The topological polar surface area (TPSA) is 54.3 Å². The molecule has 5 rings (SSSR count). The molecule has 3 fully saturated rings. The third-order valence-electron chi connectivity index (χ3n) is 6.22. The van der Waals surface area contributed by atoms with E-state index in [0.717, 1.165) is 22.9 Å². The van der Waals surface area contributed by atoms with Gasteiger partial charge in [0.1, 0.15) is 5.76 Å². The van der Waals surface area contributed by atoms with Crippen LogP contribution in [0, 0.1) is 17.8 Å². The highest BCUT2D eigenvalue weighted by Crippen LogP contribution is 2.45. The van der Waals surface area contributed by atoms with Gasteiger partial charge in [-0.15, -0.1) is 0 Å². The molecule has 3 aliphatic rings. The van der Waals surface area contributed by atoms with E-state index in [4.69, 9.17) is 4.42 Å². The number of amides is 1. The Balaban J connectivity index is 1.47. The molecule has 2 N–H and O–H groups in total. The van der Waals surface area contributed by atoms with Crippen molar-refractivity contribution < 1.29 is 9.21 Å². The molecule has 3 saturated carbocycles. The number of nitrogens with one attached hydrogen (secondary N) is 2. The molecule has 0 radical (unpaired) electrons. The fourth-order valence-electron chi connectivity index (χ4n) is 4.64. The normalized spacial score (nSPS) is 27.9. The lowest BCUT2D eigenvalue weighted by molar-refractivity contribution is 0.0519. The molecule has 1 amide bonds. The van der Waals surface area contributed by atoms with Crippen LogP contribution in [0.1, 0.15) is 43.2 Å². The smallest absolute Gasteiger partial charge is 0.287 e. The van der Waals surface area contributed by atoms with Gasteiger partial charge in [0.15, 0.2) is 5.76 Å². The predicted molar refractivity (Wildman–Crippen MR) is 99.6 cm³/mol. The standard InChI is InChI=1S/C21H26N2O2/c1-13-14-3-5-16(6-4-14)20(13)23-21(24)19-12-11-18(25-19)15-7-9-17(22-2)10-8-15/h7-14,16,20,22H,3-6H2,1-2H3,(H,23,24)/t13-,14?,16?,20-/m0/s1. The van der Waals surface area contributed by atoms with Crippen LogP contribution in [-0.4, -0.2) is 19.0 Å². The van der Waals surface area contributed by atoms with Crippen molar-refractivity contribution in [2.75, 3.05) is 12.4 Å². The molecule has 132 valence electrons. The van der Waals surface area contributed by atoms with E-state index in [0.29, 0.717) is 23.6 Å². The Morgan fingerprint density at radius 3 is 2.32 bits per heavy atom. The first-order valence-electron chi connectivity index (χ1n) is 9.34. The van der Waals surface area contributed by atoms with E-state index in [1.807, 2.05) is 37.4 Å². The number of hydrogen-bond acceptors (Lipinski definition) is 3. The van der Waals surface area contributed by atoms with Crippen molar-refractivity contribution in [1.29, 1.82) is 0 Å². The summed E-state index contributed by atoms with van der Waals surface area (Å²) < 4.78 is 5.83. The van der Waals surface area contributed by atoms with E-state index >= 15 is 0 Å². The lowest BCUT2D eigenvalue weighted by Crippen LogP contribution is -2.52. The maximum atomic E-state index is 12.7. The van der Waals surface area contributed by atoms with E-state index in [-0.39, 0.29) is 5.91 Å². The molecule has 4 nitrogen and oxygen atoms in total. The van der Waals surface area contributed by atoms with Crippen LogP contribution in [0.4, 0.5) is 5.69 Å². The van der Waals surface area contributed by atoms with Gasteiger partial charge >= 0.3 is 0 Å². The zero-order valence-electron chi connectivity index (χ0n) is 14.9. The molecule has 1 heterocycles. The first-order valence-corrected chi connectivity index (χ1v) is 9.34. The fraction of sp³-hybridized carbons (Fsp3) is 0.476. The van der Waals surface area contributed by atoms with Gasteiger partial charge in [-0.25, -0.2) is 0 Å². The summed E-state index contributed by atoms with van der Waals surface area (Å²) in [5.41, 5.74) is 2.03. The first kappa shape index (κ1) is 16.2. The van der Waals surface area contributed by atoms with Crippen molar-refractivity contribution >= 4 is 11.6 Å². The highest BCUT2D eigenvalue weighted by molar-refractivity contribution is 5.92. The van der Waals surface area contributed by atoms with Gasteiger partial charge in [-0.1, -0.05) is 6.92 Å². The highest BCUT2D eigenvalue weighted by Gasteiger charge is 2.42. The average molecular weight is 338 g/mol. The Labute approximate surface area is 149 Å². The SMILES string of the molecule is CNc1ccc(-c2ccc(C(=O)N[C@@H]3C4CCC(CC4)[C@@H]3C)o2)cc1. The summed E-state index contributed by atoms with van der Waals surface area (Å²) >= 11 is 0. The Kier molecular flexibility index (Phi) is 4.28. The van der Waals surface area contributed by atoms with Gasteiger partial charge < -0.3 is 15.1 Å². The van der Waals surface area contributed by atoms with Gasteiger partial charge in [0.05, 0.1) is 0 Å². The van der Waals surface area contributed by atoms with Crippen LogP contribution < -0.4 is 10.6 Å². The number of carbonyl (C=O) groups excluding carboxylic acids is 1. The largest absolute Gasteiger partial charge is 0.451 e. The lowest BCUT2D eigenvalue weighted by Gasteiger charge is -2.47. The van der Waals surface area contributed by atoms with Crippen LogP contribution in [0.25, 0.3) is 11.3 Å². The first-order chi connectivity index (χ1) is 12.2. The maximum absolute atomic E-state index is 12.7. The van der Waals surface area contributed by atoms with Crippen molar-refractivity contribution in [2.24, 2.45) is 17.8 Å². The summed E-state index contributed by atoms with van der Waals surface area (Å²) in [4.78, 5) is 12.7. The number of anilines is 1. The predicted octanol–water partition coefficient (Wildman–Crippen LogP) is 4.54. The molecule has 0 spiro atoms. The van der Waals surface area contributed by atoms with Crippen LogP contribution in [-0.2, 0) is 0 Å². The van der Waals surface area contributed by atoms with Gasteiger partial charge in [0, 0.05) is 24.3 Å². The molecule has 1 aromatic heterocycles. The Bertz CT molecular complexity index is 740. The summed E-state index contributed by atoms with van der Waals surface area (Å²) in [6.07, 6.45) is 5.15. The number of carbonyl (C=O) groups is 1. The maximum Gasteiger partial charge on any atom is 0.287 e. The average Bonchev–Trinajstić information content (AvgIpc) is 3.15. The Morgan fingerprint density at radius 2 is 1.68 bits per heavy atom. The summed E-state index contributed by atoms with van der Waals surface area (Å²) in [6.45, 7) is 2.29. The molecule has 3 aliphatic carbocycles. The van der Waals surface area contributed by atoms with Gasteiger partial charge in [-0.2, -0.15) is 0 Å². The number of fused-ring (bicyclic) bond motifs is 3. The third kappa shape index (κ3) is 3.06. The lowest BCUT2D eigenvalue weighted by atomic mass is 9.62. The Morgan fingerprint density at radius 1 is 1.00 bits per heavy atom. The summed E-state index contributed by atoms with van der Waals surface area (Å²) in [5, 5.41) is 6.35. The molecule has 0 saturated heterocycles. The summed E-state index contributed by atoms with van der Waals surface area (Å²) in [5.74, 6) is 3.02. The molecule has 25 heavy (non-hydrogen) atoms. The summed E-state index contributed by atoms with van der Waals surface area (Å²) in [6, 6.07) is 11.9. The Hall–Kier alpha value is -2.23. The van der Waals surface area contributed by atoms with Gasteiger partial charge in [-0.05, 0) is 79.8 Å².